The highest BCUT2D eigenvalue weighted by Gasteiger charge is 2.07. The Hall–Kier alpha value is -1.69. The lowest BCUT2D eigenvalue weighted by Crippen LogP contribution is -2.00. The summed E-state index contributed by atoms with van der Waals surface area (Å²) >= 11 is 1.24. The minimum absolute atomic E-state index is 0.387. The molecular formula is C13H13F2N3S. The fourth-order valence-corrected chi connectivity index (χ4v) is 2.33. The summed E-state index contributed by atoms with van der Waals surface area (Å²) in [7, 11) is 1.78. The van der Waals surface area contributed by atoms with Crippen LogP contribution in [0, 0.1) is 18.6 Å². The maximum absolute atomic E-state index is 13.5. The van der Waals surface area contributed by atoms with Crippen molar-refractivity contribution in [2.45, 2.75) is 17.6 Å². The van der Waals surface area contributed by atoms with Gasteiger partial charge >= 0.3 is 0 Å². The molecule has 2 aromatic rings. The lowest BCUT2D eigenvalue weighted by molar-refractivity contribution is 0.565. The van der Waals surface area contributed by atoms with Gasteiger partial charge in [0.05, 0.1) is 5.75 Å². The molecule has 1 N–H and O–H groups in total. The zero-order valence-corrected chi connectivity index (χ0v) is 11.4. The van der Waals surface area contributed by atoms with Crippen LogP contribution in [0.5, 0.6) is 0 Å². The molecule has 0 aliphatic heterocycles. The summed E-state index contributed by atoms with van der Waals surface area (Å²) in [5.74, 6) is 0.622. The number of benzene rings is 1. The van der Waals surface area contributed by atoms with E-state index in [-0.39, 0.29) is 0 Å². The monoisotopic (exact) mass is 281 g/mol. The molecule has 0 saturated carbocycles. The third-order valence-corrected chi connectivity index (χ3v) is 3.45. The van der Waals surface area contributed by atoms with E-state index >= 15 is 0 Å². The number of anilines is 1. The molecule has 0 aliphatic rings. The molecule has 19 heavy (non-hydrogen) atoms. The molecule has 100 valence electrons. The number of hydrogen-bond donors (Lipinski definition) is 1. The van der Waals surface area contributed by atoms with E-state index in [0.29, 0.717) is 16.5 Å². The first-order valence-electron chi connectivity index (χ1n) is 5.68. The third kappa shape index (κ3) is 3.64. The number of thioether (sulfide) groups is 1. The normalized spacial score (nSPS) is 10.5. The van der Waals surface area contributed by atoms with Crippen molar-refractivity contribution in [3.8, 4) is 0 Å². The van der Waals surface area contributed by atoms with Crippen LogP contribution in [0.15, 0.2) is 29.2 Å². The minimum atomic E-state index is -0.578. The van der Waals surface area contributed by atoms with E-state index in [1.165, 1.54) is 23.9 Å². The SMILES string of the molecule is CNc1cc(C)nc(CSc2ccc(F)cc2F)n1. The number of aromatic nitrogens is 2. The summed E-state index contributed by atoms with van der Waals surface area (Å²) in [6, 6.07) is 5.36. The van der Waals surface area contributed by atoms with Gasteiger partial charge < -0.3 is 5.32 Å². The molecular weight excluding hydrogens is 268 g/mol. The molecule has 0 aliphatic carbocycles. The van der Waals surface area contributed by atoms with Crippen molar-refractivity contribution in [2.24, 2.45) is 0 Å². The van der Waals surface area contributed by atoms with Gasteiger partial charge in [0.25, 0.3) is 0 Å². The van der Waals surface area contributed by atoms with Crippen molar-refractivity contribution < 1.29 is 8.78 Å². The number of aryl methyl sites for hydroxylation is 1. The van der Waals surface area contributed by atoms with E-state index in [1.54, 1.807) is 7.05 Å². The maximum atomic E-state index is 13.5. The first-order valence-corrected chi connectivity index (χ1v) is 6.67. The highest BCUT2D eigenvalue weighted by atomic mass is 32.2. The Balaban J connectivity index is 2.12. The summed E-state index contributed by atoms with van der Waals surface area (Å²) in [5.41, 5.74) is 0.842. The molecule has 1 heterocycles. The Bertz CT molecular complexity index is 590. The molecule has 0 spiro atoms. The minimum Gasteiger partial charge on any atom is -0.373 e. The number of nitrogens with zero attached hydrogens (tertiary/aromatic N) is 2. The lowest BCUT2D eigenvalue weighted by Gasteiger charge is -2.06. The van der Waals surface area contributed by atoms with E-state index in [1.807, 2.05) is 13.0 Å². The van der Waals surface area contributed by atoms with Crippen LogP contribution in [0.2, 0.25) is 0 Å². The van der Waals surface area contributed by atoms with Gasteiger partial charge in [-0.05, 0) is 19.1 Å². The molecule has 0 amide bonds. The van der Waals surface area contributed by atoms with Gasteiger partial charge in [-0.15, -0.1) is 11.8 Å². The smallest absolute Gasteiger partial charge is 0.141 e. The molecule has 0 atom stereocenters. The summed E-state index contributed by atoms with van der Waals surface area (Å²) < 4.78 is 26.2. The van der Waals surface area contributed by atoms with Crippen LogP contribution >= 0.6 is 11.8 Å². The van der Waals surface area contributed by atoms with Gasteiger partial charge in [-0.2, -0.15) is 0 Å². The molecule has 3 nitrogen and oxygen atoms in total. The van der Waals surface area contributed by atoms with E-state index in [9.17, 15) is 8.78 Å². The van der Waals surface area contributed by atoms with E-state index < -0.39 is 11.6 Å². The van der Waals surface area contributed by atoms with Crippen molar-refractivity contribution in [1.29, 1.82) is 0 Å². The molecule has 0 unspecified atom stereocenters. The van der Waals surface area contributed by atoms with Crippen molar-refractivity contribution >= 4 is 17.6 Å². The van der Waals surface area contributed by atoms with E-state index in [0.717, 1.165) is 17.6 Å². The predicted molar refractivity (Wildman–Crippen MR) is 72.2 cm³/mol. The topological polar surface area (TPSA) is 37.8 Å². The second kappa shape index (κ2) is 5.97. The lowest BCUT2D eigenvalue weighted by atomic mass is 10.3. The van der Waals surface area contributed by atoms with E-state index in [2.05, 4.69) is 15.3 Å². The van der Waals surface area contributed by atoms with Crippen LogP contribution in [0.1, 0.15) is 11.5 Å². The van der Waals surface area contributed by atoms with Crippen molar-refractivity contribution in [1.82, 2.24) is 9.97 Å². The second-order valence-corrected chi connectivity index (χ2v) is 4.94. The molecule has 1 aromatic carbocycles. The Morgan fingerprint density at radius 2 is 2.00 bits per heavy atom. The fraction of sp³-hybridized carbons (Fsp3) is 0.231. The Kier molecular flexibility index (Phi) is 4.31. The van der Waals surface area contributed by atoms with Gasteiger partial charge in [0.15, 0.2) is 0 Å². The van der Waals surface area contributed by atoms with Crippen LogP contribution < -0.4 is 5.32 Å². The van der Waals surface area contributed by atoms with Crippen molar-refractivity contribution in [2.75, 3.05) is 12.4 Å². The zero-order chi connectivity index (χ0) is 13.8. The second-order valence-electron chi connectivity index (χ2n) is 3.92. The van der Waals surface area contributed by atoms with Gasteiger partial charge in [-0.1, -0.05) is 0 Å². The zero-order valence-electron chi connectivity index (χ0n) is 10.6. The molecule has 0 radical (unpaired) electrons. The van der Waals surface area contributed by atoms with Crippen LogP contribution in [0.25, 0.3) is 0 Å². The summed E-state index contributed by atoms with van der Waals surface area (Å²) in [4.78, 5) is 8.94. The Labute approximate surface area is 114 Å². The average molecular weight is 281 g/mol. The average Bonchev–Trinajstić information content (AvgIpc) is 2.37. The molecule has 2 rings (SSSR count). The van der Waals surface area contributed by atoms with Crippen molar-refractivity contribution in [3.63, 3.8) is 0 Å². The quantitative estimate of drug-likeness (QED) is 0.872. The molecule has 1 aromatic heterocycles. The van der Waals surface area contributed by atoms with Crippen molar-refractivity contribution in [3.05, 3.63) is 47.4 Å². The summed E-state index contributed by atoms with van der Waals surface area (Å²) in [6.07, 6.45) is 0. The molecule has 0 fully saturated rings. The maximum Gasteiger partial charge on any atom is 0.141 e. The number of halogens is 2. The molecule has 6 heteroatoms. The standard InChI is InChI=1S/C13H13F2N3S/c1-8-5-12(16-2)18-13(17-8)7-19-11-4-3-9(14)6-10(11)15/h3-6H,7H2,1-2H3,(H,16,17,18). The Morgan fingerprint density at radius 3 is 2.68 bits per heavy atom. The Morgan fingerprint density at radius 1 is 1.21 bits per heavy atom. The highest BCUT2D eigenvalue weighted by molar-refractivity contribution is 7.98. The number of nitrogens with one attached hydrogen (secondary N) is 1. The van der Waals surface area contributed by atoms with Crippen LogP contribution in [-0.2, 0) is 5.75 Å². The van der Waals surface area contributed by atoms with E-state index in [4.69, 9.17) is 0 Å². The fourth-order valence-electron chi connectivity index (χ4n) is 1.56. The van der Waals surface area contributed by atoms with Gasteiger partial charge in [0.1, 0.15) is 23.3 Å². The number of rotatable bonds is 4. The third-order valence-electron chi connectivity index (χ3n) is 2.41. The van der Waals surface area contributed by atoms with Crippen LogP contribution in [0.3, 0.4) is 0 Å². The summed E-state index contributed by atoms with van der Waals surface area (Å²) in [6.45, 7) is 1.87. The number of hydrogen-bond acceptors (Lipinski definition) is 4. The molecule has 0 saturated heterocycles. The van der Waals surface area contributed by atoms with Gasteiger partial charge in [-0.3, -0.25) is 0 Å². The van der Waals surface area contributed by atoms with Crippen LogP contribution in [-0.4, -0.2) is 17.0 Å². The largest absolute Gasteiger partial charge is 0.373 e. The van der Waals surface area contributed by atoms with Crippen LogP contribution in [0.4, 0.5) is 14.6 Å². The molecule has 0 bridgehead atoms. The summed E-state index contributed by atoms with van der Waals surface area (Å²) in [5, 5.41) is 2.94. The first-order chi connectivity index (χ1) is 9.08. The highest BCUT2D eigenvalue weighted by Crippen LogP contribution is 2.25. The predicted octanol–water partition coefficient (Wildman–Crippen LogP) is 3.40. The first kappa shape index (κ1) is 13.7. The van der Waals surface area contributed by atoms with Gasteiger partial charge in [-0.25, -0.2) is 18.7 Å². The van der Waals surface area contributed by atoms with Gasteiger partial charge in [0, 0.05) is 29.8 Å². The van der Waals surface area contributed by atoms with Gasteiger partial charge in [0.2, 0.25) is 0 Å².